The molecule has 2 aromatic rings. The number of hydrogen-bond acceptors (Lipinski definition) is 5. The number of nitriles is 1. The summed E-state index contributed by atoms with van der Waals surface area (Å²) in [5, 5.41) is 13.1. The van der Waals surface area contributed by atoms with E-state index in [0.29, 0.717) is 17.4 Å². The molecule has 2 aromatic carbocycles. The first-order valence-electron chi connectivity index (χ1n) is 9.50. The van der Waals surface area contributed by atoms with E-state index in [0.717, 1.165) is 28.9 Å². The highest BCUT2D eigenvalue weighted by atomic mass is 35.5. The van der Waals surface area contributed by atoms with Crippen molar-refractivity contribution in [3.8, 4) is 11.8 Å². The SMILES string of the molecule is COc1ccc(SNC(C)C)cc1C#N.Clc1ccc(C2CCNCC2)cc1. The third-order valence-corrected chi connectivity index (χ3v) is 5.72. The third kappa shape index (κ3) is 7.37. The summed E-state index contributed by atoms with van der Waals surface area (Å²) >= 11 is 7.36. The lowest BCUT2D eigenvalue weighted by Gasteiger charge is -2.22. The number of rotatable bonds is 5. The van der Waals surface area contributed by atoms with Gasteiger partial charge >= 0.3 is 0 Å². The number of benzene rings is 2. The molecule has 0 spiro atoms. The number of methoxy groups -OCH3 is 1. The topological polar surface area (TPSA) is 57.1 Å². The van der Waals surface area contributed by atoms with Crippen LogP contribution in [0.2, 0.25) is 5.02 Å². The Morgan fingerprint density at radius 3 is 2.43 bits per heavy atom. The molecular formula is C22H28ClN3OS. The maximum atomic E-state index is 8.89. The van der Waals surface area contributed by atoms with Gasteiger partial charge in [-0.3, -0.25) is 4.72 Å². The van der Waals surface area contributed by atoms with Gasteiger partial charge in [0.25, 0.3) is 0 Å². The summed E-state index contributed by atoms with van der Waals surface area (Å²) in [4.78, 5) is 1.01. The van der Waals surface area contributed by atoms with Crippen molar-refractivity contribution >= 4 is 23.5 Å². The lowest BCUT2D eigenvalue weighted by Crippen LogP contribution is -2.26. The Balaban J connectivity index is 0.000000202. The number of nitrogens with zero attached hydrogens (tertiary/aromatic N) is 1. The molecule has 1 fully saturated rings. The van der Waals surface area contributed by atoms with Crippen LogP contribution in [-0.2, 0) is 0 Å². The molecular weight excluding hydrogens is 390 g/mol. The van der Waals surface area contributed by atoms with E-state index in [9.17, 15) is 0 Å². The number of piperidine rings is 1. The molecule has 150 valence electrons. The quantitative estimate of drug-likeness (QED) is 0.639. The molecule has 28 heavy (non-hydrogen) atoms. The van der Waals surface area contributed by atoms with Crippen LogP contribution < -0.4 is 14.8 Å². The molecule has 6 heteroatoms. The van der Waals surface area contributed by atoms with Crippen molar-refractivity contribution in [3.63, 3.8) is 0 Å². The lowest BCUT2D eigenvalue weighted by atomic mass is 9.90. The van der Waals surface area contributed by atoms with Crippen LogP contribution in [-0.4, -0.2) is 26.2 Å². The molecule has 2 N–H and O–H groups in total. The van der Waals surface area contributed by atoms with Gasteiger partial charge in [-0.15, -0.1) is 0 Å². The zero-order valence-electron chi connectivity index (χ0n) is 16.7. The van der Waals surface area contributed by atoms with Crippen LogP contribution in [0.3, 0.4) is 0 Å². The third-order valence-electron chi connectivity index (χ3n) is 4.38. The zero-order chi connectivity index (χ0) is 20.4. The van der Waals surface area contributed by atoms with E-state index in [-0.39, 0.29) is 0 Å². The van der Waals surface area contributed by atoms with E-state index >= 15 is 0 Å². The second-order valence-corrected chi connectivity index (χ2v) is 8.27. The number of nitrogens with one attached hydrogen (secondary N) is 2. The fraction of sp³-hybridized carbons (Fsp3) is 0.409. The first kappa shape index (κ1) is 22.6. The fourth-order valence-corrected chi connectivity index (χ4v) is 3.72. The monoisotopic (exact) mass is 417 g/mol. The predicted molar refractivity (Wildman–Crippen MR) is 118 cm³/mol. The summed E-state index contributed by atoms with van der Waals surface area (Å²) in [7, 11) is 1.56. The Morgan fingerprint density at radius 2 is 1.86 bits per heavy atom. The van der Waals surface area contributed by atoms with Crippen LogP contribution in [0.5, 0.6) is 5.75 Å². The van der Waals surface area contributed by atoms with Gasteiger partial charge in [0.1, 0.15) is 11.8 Å². The van der Waals surface area contributed by atoms with E-state index in [4.69, 9.17) is 21.6 Å². The normalized spacial score (nSPS) is 14.1. The van der Waals surface area contributed by atoms with Gasteiger partial charge in [-0.2, -0.15) is 5.26 Å². The van der Waals surface area contributed by atoms with Crippen molar-refractivity contribution in [3.05, 3.63) is 58.6 Å². The van der Waals surface area contributed by atoms with E-state index in [1.54, 1.807) is 7.11 Å². The largest absolute Gasteiger partial charge is 0.495 e. The minimum atomic E-state index is 0.405. The van der Waals surface area contributed by atoms with Gasteiger partial charge in [-0.1, -0.05) is 23.7 Å². The molecule has 0 saturated carbocycles. The highest BCUT2D eigenvalue weighted by Gasteiger charge is 2.14. The molecule has 1 heterocycles. The average Bonchev–Trinajstić information content (AvgIpc) is 2.73. The Hall–Kier alpha value is -1.71. The molecule has 1 aliphatic rings. The summed E-state index contributed by atoms with van der Waals surface area (Å²) in [6.45, 7) is 6.43. The summed E-state index contributed by atoms with van der Waals surface area (Å²) in [6.07, 6.45) is 2.50. The van der Waals surface area contributed by atoms with E-state index in [2.05, 4.69) is 42.1 Å². The molecule has 0 radical (unpaired) electrons. The van der Waals surface area contributed by atoms with Gasteiger partial charge in [-0.05, 0) is 93.5 Å². The van der Waals surface area contributed by atoms with Crippen LogP contribution in [0.15, 0.2) is 47.4 Å². The van der Waals surface area contributed by atoms with Gasteiger partial charge in [-0.25, -0.2) is 0 Å². The highest BCUT2D eigenvalue weighted by molar-refractivity contribution is 7.97. The summed E-state index contributed by atoms with van der Waals surface area (Å²) in [6, 6.07) is 16.3. The molecule has 4 nitrogen and oxygen atoms in total. The summed E-state index contributed by atoms with van der Waals surface area (Å²) in [5.74, 6) is 1.35. The maximum Gasteiger partial charge on any atom is 0.136 e. The molecule has 0 aliphatic carbocycles. The van der Waals surface area contributed by atoms with Crippen molar-refractivity contribution in [2.45, 2.75) is 43.5 Å². The number of halogens is 1. The maximum absolute atomic E-state index is 8.89. The Kier molecular flexibility index (Phi) is 9.66. The Labute approximate surface area is 177 Å². The lowest BCUT2D eigenvalue weighted by molar-refractivity contribution is 0.413. The standard InChI is InChI=1S/C11H14ClN.C11H14N2OS/c12-11-3-1-9(2-4-11)10-5-7-13-8-6-10;1-8(2)13-15-10-4-5-11(14-3)9(6-10)7-12/h1-4,10,13H,5-8H2;4-6,8,13H,1-3H3. The second kappa shape index (κ2) is 12.0. The minimum Gasteiger partial charge on any atom is -0.495 e. The van der Waals surface area contributed by atoms with Crippen molar-refractivity contribution in [2.75, 3.05) is 20.2 Å². The van der Waals surface area contributed by atoms with E-state index in [1.165, 1.54) is 30.4 Å². The Bertz CT molecular complexity index is 768. The van der Waals surface area contributed by atoms with Gasteiger partial charge in [0.05, 0.1) is 12.7 Å². The van der Waals surface area contributed by atoms with Gasteiger partial charge < -0.3 is 10.1 Å². The van der Waals surface area contributed by atoms with E-state index < -0.39 is 0 Å². The highest BCUT2D eigenvalue weighted by Crippen LogP contribution is 2.26. The van der Waals surface area contributed by atoms with Crippen LogP contribution in [0, 0.1) is 11.3 Å². The molecule has 1 saturated heterocycles. The van der Waals surface area contributed by atoms with Crippen LogP contribution in [0.4, 0.5) is 0 Å². The van der Waals surface area contributed by atoms with Crippen molar-refractivity contribution in [1.82, 2.24) is 10.0 Å². The van der Waals surface area contributed by atoms with Crippen molar-refractivity contribution < 1.29 is 4.74 Å². The molecule has 0 amide bonds. The fourth-order valence-electron chi connectivity index (χ4n) is 2.91. The minimum absolute atomic E-state index is 0.405. The van der Waals surface area contributed by atoms with Crippen molar-refractivity contribution in [2.24, 2.45) is 0 Å². The molecule has 3 rings (SSSR count). The van der Waals surface area contributed by atoms with Crippen LogP contribution in [0.25, 0.3) is 0 Å². The molecule has 0 atom stereocenters. The van der Waals surface area contributed by atoms with Crippen molar-refractivity contribution in [1.29, 1.82) is 5.26 Å². The van der Waals surface area contributed by atoms with Gasteiger partial charge in [0.15, 0.2) is 0 Å². The predicted octanol–water partition coefficient (Wildman–Crippen LogP) is 5.38. The summed E-state index contributed by atoms with van der Waals surface area (Å²) < 4.78 is 8.28. The number of ether oxygens (including phenoxy) is 1. The second-order valence-electron chi connectivity index (χ2n) is 6.92. The molecule has 0 aromatic heterocycles. The molecule has 0 unspecified atom stereocenters. The summed E-state index contributed by atoms with van der Waals surface area (Å²) in [5.41, 5.74) is 2.00. The smallest absolute Gasteiger partial charge is 0.136 e. The Morgan fingerprint density at radius 1 is 1.18 bits per heavy atom. The van der Waals surface area contributed by atoms with E-state index in [1.807, 2.05) is 30.3 Å². The first-order valence-corrected chi connectivity index (χ1v) is 10.7. The molecule has 0 bridgehead atoms. The number of hydrogen-bond donors (Lipinski definition) is 2. The zero-order valence-corrected chi connectivity index (χ0v) is 18.2. The van der Waals surface area contributed by atoms with Gasteiger partial charge in [0, 0.05) is 16.0 Å². The molecule has 1 aliphatic heterocycles. The first-order chi connectivity index (χ1) is 13.5. The van der Waals surface area contributed by atoms with Crippen LogP contribution in [0.1, 0.15) is 43.7 Å². The van der Waals surface area contributed by atoms with Gasteiger partial charge in [0.2, 0.25) is 0 Å². The average molecular weight is 418 g/mol. The van der Waals surface area contributed by atoms with Crippen LogP contribution >= 0.6 is 23.5 Å².